The Labute approximate surface area is 155 Å². The summed E-state index contributed by atoms with van der Waals surface area (Å²) in [6.07, 6.45) is 1.92. The monoisotopic (exact) mass is 368 g/mol. The maximum Gasteiger partial charge on any atom is 0.226 e. The van der Waals surface area contributed by atoms with Crippen LogP contribution in [0.4, 0.5) is 5.95 Å². The van der Waals surface area contributed by atoms with Crippen LogP contribution >= 0.6 is 0 Å². The second-order valence-corrected chi connectivity index (χ2v) is 5.99. The van der Waals surface area contributed by atoms with Crippen molar-refractivity contribution in [2.75, 3.05) is 11.9 Å². The number of aromatic hydroxyl groups is 4. The van der Waals surface area contributed by atoms with Crippen LogP contribution < -0.4 is 5.32 Å². The van der Waals surface area contributed by atoms with E-state index in [0.717, 1.165) is 12.8 Å². The molecule has 5 N–H and O–H groups in total. The SMILES string of the molecule is CCCCNc1nc(-c2ccc(O)cc2O)nc(-c2ccc(O)cc2O)n1. The van der Waals surface area contributed by atoms with Gasteiger partial charge in [0.2, 0.25) is 5.95 Å². The van der Waals surface area contributed by atoms with Crippen LogP contribution in [-0.4, -0.2) is 41.9 Å². The minimum atomic E-state index is -0.179. The first-order chi connectivity index (χ1) is 13.0. The summed E-state index contributed by atoms with van der Waals surface area (Å²) in [5.41, 5.74) is 0.626. The first-order valence-electron chi connectivity index (χ1n) is 8.52. The topological polar surface area (TPSA) is 132 Å². The lowest BCUT2D eigenvalue weighted by Gasteiger charge is -2.11. The quantitative estimate of drug-likeness (QED) is 0.419. The molecule has 3 aromatic rings. The largest absolute Gasteiger partial charge is 0.508 e. The van der Waals surface area contributed by atoms with E-state index in [1.54, 1.807) is 0 Å². The molecule has 0 saturated carbocycles. The summed E-state index contributed by atoms with van der Waals surface area (Å²) in [7, 11) is 0. The Bertz CT molecular complexity index is 893. The fourth-order valence-corrected chi connectivity index (χ4v) is 2.49. The van der Waals surface area contributed by atoms with Crippen molar-refractivity contribution < 1.29 is 20.4 Å². The first kappa shape index (κ1) is 18.2. The van der Waals surface area contributed by atoms with E-state index in [4.69, 9.17) is 0 Å². The summed E-state index contributed by atoms with van der Waals surface area (Å²) in [6.45, 7) is 2.72. The molecule has 3 rings (SSSR count). The molecule has 140 valence electrons. The summed E-state index contributed by atoms with van der Waals surface area (Å²) >= 11 is 0. The lowest BCUT2D eigenvalue weighted by atomic mass is 10.1. The highest BCUT2D eigenvalue weighted by Gasteiger charge is 2.16. The number of unbranched alkanes of at least 4 members (excludes halogenated alkanes) is 1. The average Bonchev–Trinajstić information content (AvgIpc) is 2.61. The fourth-order valence-electron chi connectivity index (χ4n) is 2.49. The molecule has 8 nitrogen and oxygen atoms in total. The highest BCUT2D eigenvalue weighted by atomic mass is 16.3. The van der Waals surface area contributed by atoms with Gasteiger partial charge in [-0.25, -0.2) is 4.98 Å². The standard InChI is InChI=1S/C19H20N4O4/c1-2-3-8-20-19-22-17(13-6-4-11(24)9-15(13)26)21-18(23-19)14-7-5-12(25)10-16(14)27/h4-7,9-10,24-27H,2-3,8H2,1H3,(H,20,21,22,23). The molecule has 0 unspecified atom stereocenters. The van der Waals surface area contributed by atoms with Crippen LogP contribution in [0.3, 0.4) is 0 Å². The van der Waals surface area contributed by atoms with Gasteiger partial charge in [-0.2, -0.15) is 9.97 Å². The smallest absolute Gasteiger partial charge is 0.226 e. The van der Waals surface area contributed by atoms with E-state index in [1.807, 2.05) is 0 Å². The molecule has 0 radical (unpaired) electrons. The summed E-state index contributed by atoms with van der Waals surface area (Å²) in [5, 5.41) is 42.4. The fraction of sp³-hybridized carbons (Fsp3) is 0.211. The number of nitrogens with zero attached hydrogens (tertiary/aromatic N) is 3. The van der Waals surface area contributed by atoms with Crippen molar-refractivity contribution >= 4 is 5.95 Å². The highest BCUT2D eigenvalue weighted by molar-refractivity contribution is 5.71. The van der Waals surface area contributed by atoms with Crippen molar-refractivity contribution in [2.45, 2.75) is 19.8 Å². The number of phenolic OH excluding ortho intramolecular Hbond substituents is 4. The number of anilines is 1. The maximum absolute atomic E-state index is 10.1. The molecule has 2 aromatic carbocycles. The van der Waals surface area contributed by atoms with E-state index in [1.165, 1.54) is 36.4 Å². The average molecular weight is 368 g/mol. The van der Waals surface area contributed by atoms with Crippen molar-refractivity contribution in [3.05, 3.63) is 36.4 Å². The second kappa shape index (κ2) is 7.77. The third kappa shape index (κ3) is 4.17. The molecule has 0 saturated heterocycles. The zero-order chi connectivity index (χ0) is 19.4. The summed E-state index contributed by atoms with van der Waals surface area (Å²) < 4.78 is 0. The Balaban J connectivity index is 2.11. The second-order valence-electron chi connectivity index (χ2n) is 5.99. The predicted molar refractivity (Wildman–Crippen MR) is 101 cm³/mol. The molecule has 0 amide bonds. The van der Waals surface area contributed by atoms with Gasteiger partial charge in [-0.1, -0.05) is 13.3 Å². The Morgan fingerprint density at radius 3 is 1.74 bits per heavy atom. The van der Waals surface area contributed by atoms with Gasteiger partial charge in [-0.05, 0) is 30.7 Å². The number of phenols is 4. The number of benzene rings is 2. The number of hydrogen-bond acceptors (Lipinski definition) is 8. The van der Waals surface area contributed by atoms with Gasteiger partial charge < -0.3 is 25.7 Å². The summed E-state index contributed by atoms with van der Waals surface area (Å²) in [4.78, 5) is 13.0. The molecular weight excluding hydrogens is 348 g/mol. The van der Waals surface area contributed by atoms with Gasteiger partial charge in [-0.3, -0.25) is 0 Å². The van der Waals surface area contributed by atoms with E-state index in [9.17, 15) is 20.4 Å². The van der Waals surface area contributed by atoms with E-state index in [0.29, 0.717) is 23.6 Å². The zero-order valence-electron chi connectivity index (χ0n) is 14.7. The minimum Gasteiger partial charge on any atom is -0.508 e. The number of aromatic nitrogens is 3. The molecule has 27 heavy (non-hydrogen) atoms. The van der Waals surface area contributed by atoms with Crippen LogP contribution in [0.1, 0.15) is 19.8 Å². The number of rotatable bonds is 6. The molecule has 0 bridgehead atoms. The highest BCUT2D eigenvalue weighted by Crippen LogP contribution is 2.34. The van der Waals surface area contributed by atoms with E-state index < -0.39 is 0 Å². The van der Waals surface area contributed by atoms with Gasteiger partial charge in [0.05, 0.1) is 11.1 Å². The van der Waals surface area contributed by atoms with Gasteiger partial charge in [-0.15, -0.1) is 0 Å². The molecular formula is C19H20N4O4. The minimum absolute atomic E-state index is 0.0806. The molecule has 0 spiro atoms. The van der Waals surface area contributed by atoms with E-state index in [2.05, 4.69) is 27.2 Å². The molecule has 8 heteroatoms. The van der Waals surface area contributed by atoms with Crippen LogP contribution in [-0.2, 0) is 0 Å². The normalized spacial score (nSPS) is 10.7. The molecule has 1 heterocycles. The summed E-state index contributed by atoms with van der Waals surface area (Å²) in [6, 6.07) is 8.22. The first-order valence-corrected chi connectivity index (χ1v) is 8.52. The Kier molecular flexibility index (Phi) is 5.25. The van der Waals surface area contributed by atoms with Gasteiger partial charge in [0.25, 0.3) is 0 Å². The lowest BCUT2D eigenvalue weighted by molar-refractivity contribution is 0.451. The van der Waals surface area contributed by atoms with Gasteiger partial charge in [0.15, 0.2) is 11.6 Å². The molecule has 0 aliphatic heterocycles. The Hall–Kier alpha value is -3.55. The molecule has 1 aromatic heterocycles. The van der Waals surface area contributed by atoms with Gasteiger partial charge in [0.1, 0.15) is 23.0 Å². The van der Waals surface area contributed by atoms with Crippen molar-refractivity contribution in [3.63, 3.8) is 0 Å². The van der Waals surface area contributed by atoms with Crippen molar-refractivity contribution in [3.8, 4) is 45.8 Å². The zero-order valence-corrected chi connectivity index (χ0v) is 14.7. The van der Waals surface area contributed by atoms with Gasteiger partial charge >= 0.3 is 0 Å². The van der Waals surface area contributed by atoms with Crippen LogP contribution in [0.5, 0.6) is 23.0 Å². The maximum atomic E-state index is 10.1. The Morgan fingerprint density at radius 2 is 1.30 bits per heavy atom. The third-order valence-electron chi connectivity index (χ3n) is 3.89. The van der Waals surface area contributed by atoms with Crippen molar-refractivity contribution in [1.29, 1.82) is 0 Å². The number of nitrogens with one attached hydrogen (secondary N) is 1. The van der Waals surface area contributed by atoms with Crippen molar-refractivity contribution in [2.24, 2.45) is 0 Å². The van der Waals surface area contributed by atoms with Crippen molar-refractivity contribution in [1.82, 2.24) is 15.0 Å². The number of hydrogen-bond donors (Lipinski definition) is 5. The summed E-state index contributed by atoms with van der Waals surface area (Å²) in [5.74, 6) is 0.144. The van der Waals surface area contributed by atoms with E-state index >= 15 is 0 Å². The molecule has 0 atom stereocenters. The van der Waals surface area contributed by atoms with Crippen LogP contribution in [0.2, 0.25) is 0 Å². The van der Waals surface area contributed by atoms with Crippen LogP contribution in [0, 0.1) is 0 Å². The predicted octanol–water partition coefficient (Wildman–Crippen LogP) is 3.24. The molecule has 0 aliphatic carbocycles. The third-order valence-corrected chi connectivity index (χ3v) is 3.89. The molecule has 0 aliphatic rings. The lowest BCUT2D eigenvalue weighted by Crippen LogP contribution is -2.08. The van der Waals surface area contributed by atoms with Crippen LogP contribution in [0.15, 0.2) is 36.4 Å². The Morgan fingerprint density at radius 1 is 0.778 bits per heavy atom. The van der Waals surface area contributed by atoms with Crippen LogP contribution in [0.25, 0.3) is 22.8 Å². The van der Waals surface area contributed by atoms with E-state index in [-0.39, 0.29) is 34.6 Å². The van der Waals surface area contributed by atoms with Gasteiger partial charge in [0, 0.05) is 18.7 Å². The molecule has 0 fully saturated rings.